The molecule has 1 aliphatic rings. The van der Waals surface area contributed by atoms with Crippen LogP contribution in [0.4, 0.5) is 4.39 Å². The maximum absolute atomic E-state index is 13.3. The van der Waals surface area contributed by atoms with E-state index < -0.39 is 5.97 Å². The Labute approximate surface area is 188 Å². The van der Waals surface area contributed by atoms with Crippen molar-refractivity contribution in [2.75, 3.05) is 11.5 Å². The molecule has 1 unspecified atom stereocenters. The number of rotatable bonds is 6. The number of fused-ring (bicyclic) bond motifs is 1. The number of benzene rings is 2. The summed E-state index contributed by atoms with van der Waals surface area (Å²) in [6, 6.07) is 15.1. The fourth-order valence-corrected chi connectivity index (χ4v) is 5.19. The number of aliphatic imine (C=N–C) groups is 1. The summed E-state index contributed by atoms with van der Waals surface area (Å²) >= 11 is 9.61. The first-order valence-electron chi connectivity index (χ1n) is 9.49. The largest absolute Gasteiger partial charge is 0.481 e. The molecule has 2 heterocycles. The number of carboxylic acids is 1. The molecular weight excluding hydrogens is 443 g/mol. The molecule has 3 aromatic rings. The molecule has 2 aromatic carbocycles. The van der Waals surface area contributed by atoms with Gasteiger partial charge >= 0.3 is 5.97 Å². The lowest BCUT2D eigenvalue weighted by Gasteiger charge is -2.03. The molecule has 0 aliphatic carbocycles. The summed E-state index contributed by atoms with van der Waals surface area (Å²) in [5.74, 6) is 0.912. The van der Waals surface area contributed by atoms with E-state index in [1.54, 1.807) is 24.8 Å². The maximum Gasteiger partial charge on any atom is 0.303 e. The molecule has 1 aromatic heterocycles. The van der Waals surface area contributed by atoms with Gasteiger partial charge in [-0.15, -0.1) is 23.5 Å². The number of nitrogens with zero attached hydrogens (tertiary/aromatic N) is 1. The van der Waals surface area contributed by atoms with Crippen molar-refractivity contribution in [1.82, 2.24) is 4.98 Å². The zero-order chi connectivity index (χ0) is 21.5. The maximum atomic E-state index is 13.3. The molecule has 0 saturated carbocycles. The molecule has 0 spiro atoms. The zero-order valence-corrected chi connectivity index (χ0v) is 18.8. The van der Waals surface area contributed by atoms with Gasteiger partial charge in [0.15, 0.2) is 0 Å². The highest BCUT2D eigenvalue weighted by atomic mass is 35.5. The number of hydrogen-bond acceptors (Lipinski definition) is 4. The summed E-state index contributed by atoms with van der Waals surface area (Å²) in [5.41, 5.74) is 1.96. The van der Waals surface area contributed by atoms with Crippen LogP contribution in [0.5, 0.6) is 0 Å². The minimum absolute atomic E-state index is 0.212. The van der Waals surface area contributed by atoms with E-state index in [0.717, 1.165) is 44.4 Å². The number of carbonyl (C=O) groups is 1. The second-order valence-electron chi connectivity index (χ2n) is 6.71. The van der Waals surface area contributed by atoms with Gasteiger partial charge < -0.3 is 10.1 Å². The van der Waals surface area contributed by atoms with Crippen LogP contribution in [0.15, 0.2) is 58.4 Å². The molecule has 0 saturated heterocycles. The molecule has 158 valence electrons. The smallest absolute Gasteiger partial charge is 0.303 e. The van der Waals surface area contributed by atoms with Crippen molar-refractivity contribution < 1.29 is 14.3 Å². The van der Waals surface area contributed by atoms with Gasteiger partial charge in [0, 0.05) is 45.5 Å². The minimum atomic E-state index is -0.745. The standard InChI is InChI=1S/C19H16ClFN2S2.C3H6O2/c20-13-2-1-3-17(7-13)24-11-19-23-16(10-25-19)9-15-6-12-4-5-14(21)8-18(12)22-15;1-2-3(4)5/h1-8,16,22H,9-11H2;2H2,1H3,(H,4,5). The Morgan fingerprint density at radius 3 is 2.87 bits per heavy atom. The van der Waals surface area contributed by atoms with Gasteiger partial charge in [-0.05, 0) is 47.9 Å². The highest BCUT2D eigenvalue weighted by molar-refractivity contribution is 8.16. The molecule has 0 amide bonds. The summed E-state index contributed by atoms with van der Waals surface area (Å²) in [4.78, 5) is 18.7. The number of aliphatic carboxylic acids is 1. The van der Waals surface area contributed by atoms with Crippen molar-refractivity contribution in [3.05, 3.63) is 65.1 Å². The minimum Gasteiger partial charge on any atom is -0.481 e. The number of aromatic nitrogens is 1. The van der Waals surface area contributed by atoms with E-state index in [4.69, 9.17) is 21.7 Å². The van der Waals surface area contributed by atoms with Crippen LogP contribution in [0.2, 0.25) is 5.02 Å². The van der Waals surface area contributed by atoms with Gasteiger partial charge in [-0.25, -0.2) is 4.39 Å². The van der Waals surface area contributed by atoms with E-state index in [2.05, 4.69) is 17.1 Å². The second kappa shape index (κ2) is 10.9. The first kappa shape index (κ1) is 22.7. The molecule has 0 fully saturated rings. The first-order valence-corrected chi connectivity index (χ1v) is 11.8. The molecule has 4 nitrogen and oxygen atoms in total. The van der Waals surface area contributed by atoms with Crippen LogP contribution in [0.3, 0.4) is 0 Å². The molecule has 0 bridgehead atoms. The number of halogens is 2. The van der Waals surface area contributed by atoms with Crippen molar-refractivity contribution in [2.45, 2.75) is 30.7 Å². The second-order valence-corrected chi connectivity index (χ2v) is 9.29. The zero-order valence-electron chi connectivity index (χ0n) is 16.4. The van der Waals surface area contributed by atoms with Crippen LogP contribution < -0.4 is 0 Å². The summed E-state index contributed by atoms with van der Waals surface area (Å²) in [7, 11) is 0. The lowest BCUT2D eigenvalue weighted by Crippen LogP contribution is -2.08. The molecule has 8 heteroatoms. The van der Waals surface area contributed by atoms with Crippen LogP contribution in [0.1, 0.15) is 19.0 Å². The van der Waals surface area contributed by atoms with E-state index in [0.29, 0.717) is 0 Å². The fraction of sp³-hybridized carbons (Fsp3) is 0.273. The van der Waals surface area contributed by atoms with Crippen molar-refractivity contribution >= 4 is 57.0 Å². The molecule has 0 radical (unpaired) electrons. The number of H-pyrrole nitrogens is 1. The highest BCUT2D eigenvalue weighted by Crippen LogP contribution is 2.28. The third-order valence-corrected chi connectivity index (χ3v) is 6.88. The number of carboxylic acid groups (broad SMARTS) is 1. The number of nitrogens with one attached hydrogen (secondary N) is 1. The average Bonchev–Trinajstić information content (AvgIpc) is 3.33. The van der Waals surface area contributed by atoms with Gasteiger partial charge in [-0.3, -0.25) is 9.79 Å². The predicted octanol–water partition coefficient (Wildman–Crippen LogP) is 6.29. The quantitative estimate of drug-likeness (QED) is 0.421. The van der Waals surface area contributed by atoms with Crippen LogP contribution >= 0.6 is 35.1 Å². The van der Waals surface area contributed by atoms with Crippen molar-refractivity contribution in [2.24, 2.45) is 4.99 Å². The van der Waals surface area contributed by atoms with Crippen LogP contribution in [0.25, 0.3) is 10.9 Å². The fourth-order valence-electron chi connectivity index (χ4n) is 2.88. The third-order valence-electron chi connectivity index (χ3n) is 4.33. The summed E-state index contributed by atoms with van der Waals surface area (Å²) in [6.07, 6.45) is 1.08. The Hall–Kier alpha value is -1.96. The van der Waals surface area contributed by atoms with E-state index in [-0.39, 0.29) is 18.3 Å². The lowest BCUT2D eigenvalue weighted by atomic mass is 10.2. The molecule has 1 aliphatic heterocycles. The van der Waals surface area contributed by atoms with Crippen molar-refractivity contribution in [3.8, 4) is 0 Å². The third kappa shape index (κ3) is 6.79. The van der Waals surface area contributed by atoms with Gasteiger partial charge in [0.25, 0.3) is 0 Å². The van der Waals surface area contributed by atoms with Crippen molar-refractivity contribution in [3.63, 3.8) is 0 Å². The van der Waals surface area contributed by atoms with E-state index in [1.165, 1.54) is 11.1 Å². The molecule has 2 N–H and O–H groups in total. The number of hydrogen-bond donors (Lipinski definition) is 2. The molecule has 1 atom stereocenters. The molecule has 30 heavy (non-hydrogen) atoms. The van der Waals surface area contributed by atoms with Gasteiger partial charge in [-0.1, -0.05) is 24.6 Å². The van der Waals surface area contributed by atoms with Gasteiger partial charge in [-0.2, -0.15) is 0 Å². The SMILES string of the molecule is CCC(=O)O.Fc1ccc2cc(CC3CSC(CSc4cccc(Cl)c4)=N3)[nH]c2c1. The number of aromatic amines is 1. The summed E-state index contributed by atoms with van der Waals surface area (Å²) < 4.78 is 13.3. The Balaban J connectivity index is 0.000000461. The van der Waals surface area contributed by atoms with Crippen LogP contribution in [-0.2, 0) is 11.2 Å². The Morgan fingerprint density at radius 2 is 2.13 bits per heavy atom. The first-order chi connectivity index (χ1) is 14.4. The van der Waals surface area contributed by atoms with Crippen LogP contribution in [-0.4, -0.2) is 38.7 Å². The van der Waals surface area contributed by atoms with E-state index >= 15 is 0 Å². The molecule has 4 rings (SSSR count). The topological polar surface area (TPSA) is 65.4 Å². The lowest BCUT2D eigenvalue weighted by molar-refractivity contribution is -0.136. The normalized spacial score (nSPS) is 15.6. The van der Waals surface area contributed by atoms with Crippen LogP contribution in [0, 0.1) is 5.82 Å². The number of thioether (sulfide) groups is 2. The Bertz CT molecular complexity index is 1050. The predicted molar refractivity (Wildman–Crippen MR) is 126 cm³/mol. The van der Waals surface area contributed by atoms with Crippen molar-refractivity contribution in [1.29, 1.82) is 0 Å². The van der Waals surface area contributed by atoms with E-state index in [1.807, 2.05) is 36.0 Å². The van der Waals surface area contributed by atoms with Gasteiger partial charge in [0.1, 0.15) is 5.82 Å². The summed E-state index contributed by atoms with van der Waals surface area (Å²) in [6.45, 7) is 1.60. The molecular formula is C22H22ClFN2O2S2. The Morgan fingerprint density at radius 1 is 1.33 bits per heavy atom. The average molecular weight is 465 g/mol. The monoisotopic (exact) mass is 464 g/mol. The highest BCUT2D eigenvalue weighted by Gasteiger charge is 2.19. The van der Waals surface area contributed by atoms with Gasteiger partial charge in [0.05, 0.1) is 11.1 Å². The van der Waals surface area contributed by atoms with E-state index in [9.17, 15) is 9.18 Å². The summed E-state index contributed by atoms with van der Waals surface area (Å²) in [5, 5.41) is 10.7. The Kier molecular flexibility index (Phi) is 8.24. The van der Waals surface area contributed by atoms with Gasteiger partial charge in [0.2, 0.25) is 0 Å².